The number of carbonyl (C=O) groups is 3. The lowest BCUT2D eigenvalue weighted by atomic mass is 9.82. The van der Waals surface area contributed by atoms with Crippen molar-refractivity contribution < 1.29 is 24.0 Å². The maximum absolute atomic E-state index is 12.5. The highest BCUT2D eigenvalue weighted by Crippen LogP contribution is 2.34. The third-order valence-corrected chi connectivity index (χ3v) is 4.05. The Balaban J connectivity index is 1.77. The van der Waals surface area contributed by atoms with Crippen molar-refractivity contribution in [3.8, 4) is 0 Å². The van der Waals surface area contributed by atoms with Crippen LogP contribution >= 0.6 is 0 Å². The minimum Gasteiger partial charge on any atom is -0.476 e. The molecule has 21 heavy (non-hydrogen) atoms. The summed E-state index contributed by atoms with van der Waals surface area (Å²) in [4.78, 5) is 36.3. The molecule has 1 aromatic heterocycles. The summed E-state index contributed by atoms with van der Waals surface area (Å²) in [6.07, 6.45) is 4.17. The van der Waals surface area contributed by atoms with E-state index in [0.29, 0.717) is 12.8 Å². The number of rotatable bonds is 3. The van der Waals surface area contributed by atoms with E-state index in [9.17, 15) is 14.4 Å². The highest BCUT2D eigenvalue weighted by Gasteiger charge is 2.51. The summed E-state index contributed by atoms with van der Waals surface area (Å²) in [6.45, 7) is -0.104. The van der Waals surface area contributed by atoms with Crippen LogP contribution < -0.4 is 5.32 Å². The van der Waals surface area contributed by atoms with Gasteiger partial charge in [0.2, 0.25) is 0 Å². The van der Waals surface area contributed by atoms with E-state index in [0.717, 1.165) is 24.2 Å². The Bertz CT molecular complexity index is 603. The number of nitrogens with zero attached hydrogens (tertiary/aromatic N) is 2. The number of carboxylic acids is 1. The Labute approximate surface area is 120 Å². The summed E-state index contributed by atoms with van der Waals surface area (Å²) in [5, 5.41) is 14.9. The van der Waals surface area contributed by atoms with Crippen LogP contribution in [0.2, 0.25) is 0 Å². The number of amides is 3. The second-order valence-electron chi connectivity index (χ2n) is 5.45. The van der Waals surface area contributed by atoms with Crippen molar-refractivity contribution in [3.63, 3.8) is 0 Å². The Hall–Kier alpha value is -2.38. The monoisotopic (exact) mass is 293 g/mol. The minimum atomic E-state index is -1.22. The van der Waals surface area contributed by atoms with Gasteiger partial charge >= 0.3 is 12.0 Å². The summed E-state index contributed by atoms with van der Waals surface area (Å²) < 4.78 is 4.86. The average Bonchev–Trinajstić information content (AvgIpc) is 3.00. The summed E-state index contributed by atoms with van der Waals surface area (Å²) >= 11 is 0. The number of carboxylic acid groups (broad SMARTS) is 1. The van der Waals surface area contributed by atoms with Gasteiger partial charge < -0.3 is 14.9 Å². The molecule has 3 rings (SSSR count). The molecule has 2 heterocycles. The van der Waals surface area contributed by atoms with Gasteiger partial charge in [-0.15, -0.1) is 0 Å². The van der Waals surface area contributed by atoms with E-state index >= 15 is 0 Å². The van der Waals surface area contributed by atoms with Crippen LogP contribution in [0, 0.1) is 0 Å². The number of nitrogens with one attached hydrogen (secondary N) is 1. The third-order valence-electron chi connectivity index (χ3n) is 4.05. The molecule has 0 radical (unpaired) electrons. The van der Waals surface area contributed by atoms with Gasteiger partial charge in [0.15, 0.2) is 11.5 Å². The smallest absolute Gasteiger partial charge is 0.358 e. The van der Waals surface area contributed by atoms with Gasteiger partial charge in [0.1, 0.15) is 5.54 Å². The second kappa shape index (κ2) is 4.87. The Morgan fingerprint density at radius 3 is 2.71 bits per heavy atom. The van der Waals surface area contributed by atoms with Gasteiger partial charge in [0.25, 0.3) is 5.91 Å². The SMILES string of the molecule is O=C(O)c1cc(CN2C(=O)NC3(CCCCC3)C2=O)on1. The first-order valence-electron chi connectivity index (χ1n) is 6.85. The molecule has 112 valence electrons. The van der Waals surface area contributed by atoms with Gasteiger partial charge in [-0.2, -0.15) is 0 Å². The van der Waals surface area contributed by atoms with Gasteiger partial charge in [-0.05, 0) is 12.8 Å². The molecule has 2 N–H and O–H groups in total. The van der Waals surface area contributed by atoms with Crippen molar-refractivity contribution in [1.29, 1.82) is 0 Å². The highest BCUT2D eigenvalue weighted by molar-refractivity contribution is 6.07. The molecule has 1 saturated heterocycles. The first-order valence-corrected chi connectivity index (χ1v) is 6.85. The molecule has 2 aliphatic rings. The van der Waals surface area contributed by atoms with Crippen molar-refractivity contribution in [2.45, 2.75) is 44.2 Å². The van der Waals surface area contributed by atoms with Gasteiger partial charge in [0.05, 0.1) is 6.54 Å². The molecule has 8 nitrogen and oxygen atoms in total. The lowest BCUT2D eigenvalue weighted by molar-refractivity contribution is -0.133. The molecule has 0 aromatic carbocycles. The van der Waals surface area contributed by atoms with Crippen LogP contribution in [0.5, 0.6) is 0 Å². The van der Waals surface area contributed by atoms with E-state index in [-0.39, 0.29) is 23.9 Å². The van der Waals surface area contributed by atoms with E-state index in [1.54, 1.807) is 0 Å². The fraction of sp³-hybridized carbons (Fsp3) is 0.538. The van der Waals surface area contributed by atoms with Crippen LogP contribution in [0.1, 0.15) is 48.4 Å². The van der Waals surface area contributed by atoms with Crippen molar-refractivity contribution in [2.75, 3.05) is 0 Å². The zero-order valence-corrected chi connectivity index (χ0v) is 11.3. The fourth-order valence-electron chi connectivity index (χ4n) is 2.96. The molecule has 1 spiro atoms. The number of hydrogen-bond donors (Lipinski definition) is 2. The van der Waals surface area contributed by atoms with Crippen LogP contribution in [0.3, 0.4) is 0 Å². The summed E-state index contributed by atoms with van der Waals surface area (Å²) in [7, 11) is 0. The number of urea groups is 1. The molecule has 1 aromatic rings. The minimum absolute atomic E-state index is 0.104. The van der Waals surface area contributed by atoms with E-state index in [1.165, 1.54) is 6.07 Å². The van der Waals surface area contributed by atoms with Crippen LogP contribution in [0.15, 0.2) is 10.6 Å². The van der Waals surface area contributed by atoms with Crippen LogP contribution in [-0.2, 0) is 11.3 Å². The number of imide groups is 1. The topological polar surface area (TPSA) is 113 Å². The lowest BCUT2D eigenvalue weighted by Gasteiger charge is -2.30. The Morgan fingerprint density at radius 1 is 1.38 bits per heavy atom. The van der Waals surface area contributed by atoms with Crippen LogP contribution in [0.4, 0.5) is 4.79 Å². The number of carbonyl (C=O) groups excluding carboxylic acids is 2. The quantitative estimate of drug-likeness (QED) is 0.808. The third kappa shape index (κ3) is 2.26. The summed E-state index contributed by atoms with van der Waals surface area (Å²) in [5.74, 6) is -1.31. The molecule has 0 unspecified atom stereocenters. The molecule has 3 amide bonds. The van der Waals surface area contributed by atoms with Gasteiger partial charge in [-0.25, -0.2) is 9.59 Å². The van der Waals surface area contributed by atoms with E-state index in [1.807, 2.05) is 0 Å². The maximum atomic E-state index is 12.5. The first kappa shape index (κ1) is 13.6. The molecule has 8 heteroatoms. The van der Waals surface area contributed by atoms with Crippen molar-refractivity contribution in [2.24, 2.45) is 0 Å². The lowest BCUT2D eigenvalue weighted by Crippen LogP contribution is -2.48. The average molecular weight is 293 g/mol. The van der Waals surface area contributed by atoms with E-state index in [2.05, 4.69) is 10.5 Å². The van der Waals surface area contributed by atoms with Crippen LogP contribution in [0.25, 0.3) is 0 Å². The zero-order valence-electron chi connectivity index (χ0n) is 11.3. The second-order valence-corrected chi connectivity index (χ2v) is 5.45. The molecular formula is C13H15N3O5. The molecule has 0 atom stereocenters. The van der Waals surface area contributed by atoms with Crippen molar-refractivity contribution >= 4 is 17.9 Å². The number of aromatic nitrogens is 1. The molecule has 1 aliphatic heterocycles. The summed E-state index contributed by atoms with van der Waals surface area (Å²) in [5.41, 5.74) is -1.03. The zero-order chi connectivity index (χ0) is 15.0. The fourth-order valence-corrected chi connectivity index (χ4v) is 2.96. The highest BCUT2D eigenvalue weighted by atomic mass is 16.5. The van der Waals surface area contributed by atoms with Gasteiger partial charge in [-0.3, -0.25) is 9.69 Å². The van der Waals surface area contributed by atoms with E-state index in [4.69, 9.17) is 9.63 Å². The predicted molar refractivity (Wildman–Crippen MR) is 68.4 cm³/mol. The van der Waals surface area contributed by atoms with Gasteiger partial charge in [0, 0.05) is 6.07 Å². The summed E-state index contributed by atoms with van der Waals surface area (Å²) in [6, 6.07) is 0.754. The molecular weight excluding hydrogens is 278 g/mol. The maximum Gasteiger partial charge on any atom is 0.358 e. The van der Waals surface area contributed by atoms with E-state index < -0.39 is 17.5 Å². The predicted octanol–water partition coefficient (Wildman–Crippen LogP) is 1.13. The molecule has 1 aliphatic carbocycles. The molecule has 0 bridgehead atoms. The van der Waals surface area contributed by atoms with Crippen molar-refractivity contribution in [1.82, 2.24) is 15.4 Å². The van der Waals surface area contributed by atoms with Gasteiger partial charge in [-0.1, -0.05) is 24.4 Å². The number of aromatic carboxylic acids is 1. The Kier molecular flexibility index (Phi) is 3.15. The molecule has 1 saturated carbocycles. The Morgan fingerprint density at radius 2 is 2.10 bits per heavy atom. The molecule has 2 fully saturated rings. The largest absolute Gasteiger partial charge is 0.476 e. The van der Waals surface area contributed by atoms with Crippen LogP contribution in [-0.4, -0.2) is 38.6 Å². The first-order chi connectivity index (χ1) is 10.0. The standard InChI is InChI=1S/C13H15N3O5/c17-10(18)9-6-8(21-15-9)7-16-11(19)13(14-12(16)20)4-2-1-3-5-13/h6H,1-5,7H2,(H,14,20)(H,17,18). The number of hydrogen-bond acceptors (Lipinski definition) is 5. The van der Waals surface area contributed by atoms with Crippen molar-refractivity contribution in [3.05, 3.63) is 17.5 Å². The normalized spacial score (nSPS) is 20.9.